The molecule has 1 N–H and O–H groups in total. The van der Waals surface area contributed by atoms with Crippen LogP contribution >= 0.6 is 46.1 Å². The third-order valence-corrected chi connectivity index (χ3v) is 7.80. The first-order valence-corrected chi connectivity index (χ1v) is 13.8. The minimum absolute atomic E-state index is 0.0194. The van der Waals surface area contributed by atoms with Gasteiger partial charge in [-0.1, -0.05) is 46.1 Å². The fourth-order valence-electron chi connectivity index (χ4n) is 3.85. The van der Waals surface area contributed by atoms with Crippen molar-refractivity contribution in [1.82, 2.24) is 15.0 Å². The van der Waals surface area contributed by atoms with Gasteiger partial charge in [-0.3, -0.25) is 0 Å². The van der Waals surface area contributed by atoms with Gasteiger partial charge >= 0.3 is 0 Å². The van der Waals surface area contributed by atoms with Gasteiger partial charge in [0.15, 0.2) is 5.13 Å². The van der Waals surface area contributed by atoms with Gasteiger partial charge in [0.05, 0.1) is 40.2 Å². The lowest BCUT2D eigenvalue weighted by molar-refractivity contribution is 0.122. The van der Waals surface area contributed by atoms with Gasteiger partial charge in [-0.05, 0) is 57.2 Å². The number of aryl methyl sites for hydroxylation is 1. The van der Waals surface area contributed by atoms with E-state index in [0.29, 0.717) is 34.2 Å². The van der Waals surface area contributed by atoms with Gasteiger partial charge in [0.2, 0.25) is 5.95 Å². The second kappa shape index (κ2) is 12.5. The molecular weight excluding hydrogens is 551 g/mol. The Morgan fingerprint density at radius 2 is 1.97 bits per heavy atom. The van der Waals surface area contributed by atoms with Crippen LogP contribution < -0.4 is 15.1 Å². The van der Waals surface area contributed by atoms with Crippen molar-refractivity contribution in [1.29, 1.82) is 0 Å². The number of allylic oxidation sites excluding steroid dienone is 3. The molecule has 0 bridgehead atoms. The largest absolute Gasteiger partial charge is 0.378 e. The summed E-state index contributed by atoms with van der Waals surface area (Å²) in [6, 6.07) is 7.80. The van der Waals surface area contributed by atoms with Crippen molar-refractivity contribution in [2.24, 2.45) is 0 Å². The summed E-state index contributed by atoms with van der Waals surface area (Å²) in [6.45, 7) is 8.90. The molecule has 196 valence electrons. The normalized spacial score (nSPS) is 15.6. The van der Waals surface area contributed by atoms with Crippen molar-refractivity contribution >= 4 is 68.6 Å². The zero-order valence-corrected chi connectivity index (χ0v) is 24.2. The van der Waals surface area contributed by atoms with Gasteiger partial charge in [0.25, 0.3) is 0 Å². The van der Waals surface area contributed by atoms with Crippen molar-refractivity contribution in [3.8, 4) is 10.6 Å². The highest BCUT2D eigenvalue weighted by atomic mass is 35.5. The lowest BCUT2D eigenvalue weighted by Gasteiger charge is -2.29. The van der Waals surface area contributed by atoms with E-state index in [-0.39, 0.29) is 6.04 Å². The number of morpholine rings is 1. The number of hydrogen-bond donors (Lipinski definition) is 1. The minimum atomic E-state index is 0.0194. The molecule has 0 spiro atoms. The first-order valence-electron chi connectivity index (χ1n) is 11.9. The van der Waals surface area contributed by atoms with E-state index in [1.807, 2.05) is 44.3 Å². The Labute approximate surface area is 236 Å². The van der Waals surface area contributed by atoms with Crippen LogP contribution in [0.5, 0.6) is 0 Å². The van der Waals surface area contributed by atoms with Gasteiger partial charge in [0, 0.05) is 48.1 Å². The third kappa shape index (κ3) is 7.15. The van der Waals surface area contributed by atoms with Crippen LogP contribution in [0.3, 0.4) is 0 Å². The number of ether oxygens (including phenoxy) is 1. The SMILES string of the molecule is C/C(Cl)=C\C(Cl)=C/C(C)N(C)c1nc(C)c(-c2ccnc(Nc3ccc(N4CCOCC4)c(Cl)c3)n2)s1. The molecule has 11 heteroatoms. The predicted molar refractivity (Wildman–Crippen MR) is 157 cm³/mol. The molecule has 3 aromatic rings. The number of nitrogens with one attached hydrogen (secondary N) is 1. The number of aromatic nitrogens is 3. The molecule has 1 aliphatic rings. The molecule has 4 rings (SSSR count). The highest BCUT2D eigenvalue weighted by molar-refractivity contribution is 7.19. The molecule has 3 heterocycles. The standard InChI is InChI=1S/C26H29Cl3N6OS/c1-16(27)13-19(28)14-17(2)34(4)26-31-18(3)24(37-26)22-7-8-30-25(33-22)32-20-5-6-23(21(29)15-20)35-9-11-36-12-10-35/h5-8,13-15,17H,9-12H2,1-4H3,(H,30,32,33)/b16-13+,19-14+. The summed E-state index contributed by atoms with van der Waals surface area (Å²) in [7, 11) is 1.99. The fourth-order valence-corrected chi connectivity index (χ4v) is 5.75. The molecule has 1 aliphatic heterocycles. The Morgan fingerprint density at radius 3 is 2.68 bits per heavy atom. The quantitative estimate of drug-likeness (QED) is 0.282. The third-order valence-electron chi connectivity index (χ3n) is 5.88. The second-order valence-electron chi connectivity index (χ2n) is 8.70. The van der Waals surface area contributed by atoms with Crippen molar-refractivity contribution in [2.45, 2.75) is 26.8 Å². The highest BCUT2D eigenvalue weighted by Crippen LogP contribution is 2.35. The molecule has 0 saturated carbocycles. The predicted octanol–water partition coefficient (Wildman–Crippen LogP) is 7.23. The van der Waals surface area contributed by atoms with Crippen LogP contribution in [0, 0.1) is 6.92 Å². The maximum atomic E-state index is 6.59. The number of likely N-dealkylation sites (N-methyl/N-ethyl adjacent to an activating group) is 1. The summed E-state index contributed by atoms with van der Waals surface area (Å²) in [5.74, 6) is 0.488. The summed E-state index contributed by atoms with van der Waals surface area (Å²) in [5, 5.41) is 6.04. The van der Waals surface area contributed by atoms with Crippen molar-refractivity contribution < 1.29 is 4.74 Å². The van der Waals surface area contributed by atoms with Gasteiger partial charge in [0.1, 0.15) is 0 Å². The molecule has 0 radical (unpaired) electrons. The van der Waals surface area contributed by atoms with E-state index in [1.165, 1.54) is 0 Å². The van der Waals surface area contributed by atoms with Crippen LogP contribution in [0.25, 0.3) is 10.6 Å². The van der Waals surface area contributed by atoms with E-state index >= 15 is 0 Å². The molecule has 2 aromatic heterocycles. The number of anilines is 4. The van der Waals surface area contributed by atoms with Crippen LogP contribution in [0.2, 0.25) is 5.02 Å². The van der Waals surface area contributed by atoms with Crippen molar-refractivity contribution in [2.75, 3.05) is 48.5 Å². The molecule has 1 unspecified atom stereocenters. The van der Waals surface area contributed by atoms with Gasteiger partial charge < -0.3 is 19.9 Å². The molecule has 1 aromatic carbocycles. The molecule has 1 fully saturated rings. The van der Waals surface area contributed by atoms with E-state index < -0.39 is 0 Å². The molecule has 7 nitrogen and oxygen atoms in total. The summed E-state index contributed by atoms with van der Waals surface area (Å²) in [5.41, 5.74) is 3.51. The van der Waals surface area contributed by atoms with Crippen molar-refractivity contribution in [3.63, 3.8) is 0 Å². The Balaban J connectivity index is 1.50. The Bertz CT molecular complexity index is 1300. The smallest absolute Gasteiger partial charge is 0.227 e. The van der Waals surface area contributed by atoms with Crippen molar-refractivity contribution in [3.05, 3.63) is 63.4 Å². The van der Waals surface area contributed by atoms with E-state index in [2.05, 4.69) is 27.0 Å². The van der Waals surface area contributed by atoms with E-state index in [9.17, 15) is 0 Å². The Morgan fingerprint density at radius 1 is 1.22 bits per heavy atom. The van der Waals surface area contributed by atoms with Crippen LogP contribution in [-0.4, -0.2) is 54.3 Å². The summed E-state index contributed by atoms with van der Waals surface area (Å²) in [4.78, 5) is 19.2. The lowest BCUT2D eigenvalue weighted by atomic mass is 10.2. The minimum Gasteiger partial charge on any atom is -0.378 e. The second-order valence-corrected chi connectivity index (χ2v) is 11.1. The molecule has 1 atom stereocenters. The molecule has 1 saturated heterocycles. The first-order chi connectivity index (χ1) is 17.7. The van der Waals surface area contributed by atoms with Gasteiger partial charge in [-0.25, -0.2) is 15.0 Å². The average molecular weight is 580 g/mol. The topological polar surface area (TPSA) is 66.4 Å². The van der Waals surface area contributed by atoms with E-state index in [0.717, 1.165) is 45.9 Å². The molecule has 37 heavy (non-hydrogen) atoms. The monoisotopic (exact) mass is 578 g/mol. The van der Waals surface area contributed by atoms with Crippen LogP contribution in [0.1, 0.15) is 19.5 Å². The molecular formula is C26H29Cl3N6OS. The average Bonchev–Trinajstić information content (AvgIpc) is 3.25. The van der Waals surface area contributed by atoms with E-state index in [1.54, 1.807) is 30.5 Å². The summed E-state index contributed by atoms with van der Waals surface area (Å²) >= 11 is 20.4. The first kappa shape index (κ1) is 27.7. The number of benzene rings is 1. The number of thiazole rings is 1. The number of nitrogens with zero attached hydrogens (tertiary/aromatic N) is 5. The maximum absolute atomic E-state index is 6.59. The van der Waals surface area contributed by atoms with Gasteiger partial charge in [-0.15, -0.1) is 0 Å². The molecule has 0 amide bonds. The van der Waals surface area contributed by atoms with Crippen LogP contribution in [0.15, 0.2) is 52.7 Å². The maximum Gasteiger partial charge on any atom is 0.227 e. The Hall–Kier alpha value is -2.36. The van der Waals surface area contributed by atoms with Crippen LogP contribution in [0.4, 0.5) is 22.5 Å². The van der Waals surface area contributed by atoms with E-state index in [4.69, 9.17) is 49.5 Å². The van der Waals surface area contributed by atoms with Crippen LogP contribution in [-0.2, 0) is 4.74 Å². The van der Waals surface area contributed by atoms with Gasteiger partial charge in [-0.2, -0.15) is 0 Å². The lowest BCUT2D eigenvalue weighted by Crippen LogP contribution is -2.36. The number of halogens is 3. The molecule has 0 aliphatic carbocycles. The zero-order valence-electron chi connectivity index (χ0n) is 21.1. The fraction of sp³-hybridized carbons (Fsp3) is 0.346. The number of hydrogen-bond acceptors (Lipinski definition) is 8. The number of rotatable bonds is 8. The summed E-state index contributed by atoms with van der Waals surface area (Å²) in [6.07, 6.45) is 5.40. The Kier molecular flexibility index (Phi) is 9.31. The zero-order chi connectivity index (χ0) is 26.5. The highest BCUT2D eigenvalue weighted by Gasteiger charge is 2.18. The summed E-state index contributed by atoms with van der Waals surface area (Å²) < 4.78 is 5.44.